The van der Waals surface area contributed by atoms with E-state index in [0.29, 0.717) is 25.7 Å². The Kier molecular flexibility index (Phi) is 7.53. The summed E-state index contributed by atoms with van der Waals surface area (Å²) >= 11 is 0. The van der Waals surface area contributed by atoms with Gasteiger partial charge in [0.1, 0.15) is 12.3 Å². The molecule has 3 N–H and O–H groups in total. The number of imidazole rings is 1. The van der Waals surface area contributed by atoms with E-state index in [1.54, 1.807) is 6.20 Å². The first-order valence-corrected chi connectivity index (χ1v) is 10.3. The molecular weight excluding hydrogens is 400 g/mol. The van der Waals surface area contributed by atoms with E-state index in [0.717, 1.165) is 25.0 Å². The van der Waals surface area contributed by atoms with Gasteiger partial charge in [-0.1, -0.05) is 30.3 Å². The smallest absolute Gasteiger partial charge is 0.305 e. The molecule has 1 fully saturated rings. The molecule has 1 aliphatic rings. The van der Waals surface area contributed by atoms with Crippen molar-refractivity contribution >= 4 is 24.1 Å². The molecule has 1 saturated heterocycles. The van der Waals surface area contributed by atoms with Gasteiger partial charge in [0.25, 0.3) is 5.91 Å². The van der Waals surface area contributed by atoms with Crippen molar-refractivity contribution in [2.45, 2.75) is 50.6 Å². The molecular formula is C22H26N4O5. The van der Waals surface area contributed by atoms with Gasteiger partial charge in [0.05, 0.1) is 18.2 Å². The Bertz CT molecular complexity index is 927. The number of aromatic amines is 1. The molecule has 9 nitrogen and oxygen atoms in total. The Balaban J connectivity index is 1.56. The van der Waals surface area contributed by atoms with Crippen molar-refractivity contribution in [2.24, 2.45) is 0 Å². The number of hydrogen-bond acceptors (Lipinski definition) is 5. The molecule has 9 heteroatoms. The standard InChI is InChI=1S/C22H26N4O5/c27-14-17(12-19(28)29)25-21(30)18-10-5-11-26(18)22(31)20-23-13-16(24-20)9-4-8-15-6-2-1-3-7-15/h1-3,6-7,13-14,17-18H,4-5,8-12H2,(H,23,24)(H,25,30)(H,28,29)/t17?,18-/m0/s1. The van der Waals surface area contributed by atoms with Crippen LogP contribution in [-0.4, -0.2) is 62.7 Å². The average molecular weight is 426 g/mol. The molecule has 164 valence electrons. The normalized spacial score (nSPS) is 16.6. The number of carboxylic acids is 1. The average Bonchev–Trinajstić information content (AvgIpc) is 3.43. The number of aliphatic carboxylic acids is 1. The summed E-state index contributed by atoms with van der Waals surface area (Å²) in [4.78, 5) is 56.0. The summed E-state index contributed by atoms with van der Waals surface area (Å²) in [6.45, 7) is 0.394. The van der Waals surface area contributed by atoms with Crippen LogP contribution in [0.15, 0.2) is 36.5 Å². The van der Waals surface area contributed by atoms with Gasteiger partial charge in [0.15, 0.2) is 5.82 Å². The van der Waals surface area contributed by atoms with Crippen LogP contribution in [0.3, 0.4) is 0 Å². The lowest BCUT2D eigenvalue weighted by atomic mass is 10.1. The van der Waals surface area contributed by atoms with Crippen LogP contribution in [0.5, 0.6) is 0 Å². The van der Waals surface area contributed by atoms with Crippen molar-refractivity contribution in [3.05, 3.63) is 53.6 Å². The molecule has 2 heterocycles. The van der Waals surface area contributed by atoms with Crippen LogP contribution >= 0.6 is 0 Å². The minimum Gasteiger partial charge on any atom is -0.481 e. The molecule has 0 saturated carbocycles. The number of nitrogens with one attached hydrogen (secondary N) is 2. The molecule has 0 bridgehead atoms. The number of rotatable bonds is 10. The number of carbonyl (C=O) groups excluding carboxylic acids is 3. The fourth-order valence-electron chi connectivity index (χ4n) is 3.73. The van der Waals surface area contributed by atoms with Gasteiger partial charge in [-0.15, -0.1) is 0 Å². The van der Waals surface area contributed by atoms with Crippen LogP contribution in [-0.2, 0) is 27.2 Å². The first-order valence-electron chi connectivity index (χ1n) is 10.3. The maximum atomic E-state index is 12.9. The van der Waals surface area contributed by atoms with Crippen molar-refractivity contribution < 1.29 is 24.3 Å². The Morgan fingerprint density at radius 1 is 1.26 bits per heavy atom. The predicted octanol–water partition coefficient (Wildman–Crippen LogP) is 1.35. The Hall–Kier alpha value is -3.49. The lowest BCUT2D eigenvalue weighted by Crippen LogP contribution is -2.49. The zero-order valence-electron chi connectivity index (χ0n) is 17.1. The molecule has 1 aromatic heterocycles. The summed E-state index contributed by atoms with van der Waals surface area (Å²) in [5.41, 5.74) is 2.03. The number of nitrogens with zero attached hydrogens (tertiary/aromatic N) is 2. The maximum Gasteiger partial charge on any atom is 0.305 e. The number of aromatic nitrogens is 2. The van der Waals surface area contributed by atoms with E-state index in [2.05, 4.69) is 27.4 Å². The number of aldehydes is 1. The molecule has 1 aromatic carbocycles. The molecule has 31 heavy (non-hydrogen) atoms. The van der Waals surface area contributed by atoms with E-state index in [1.807, 2.05) is 18.2 Å². The Morgan fingerprint density at radius 3 is 2.74 bits per heavy atom. The van der Waals surface area contributed by atoms with E-state index < -0.39 is 30.4 Å². The first kappa shape index (κ1) is 22.2. The quantitative estimate of drug-likeness (QED) is 0.491. The number of hydrogen-bond donors (Lipinski definition) is 3. The SMILES string of the molecule is O=CC(CC(=O)O)NC(=O)[C@@H]1CCCN1C(=O)c1nc(CCCc2ccccc2)c[nH]1. The topological polar surface area (TPSA) is 132 Å². The summed E-state index contributed by atoms with van der Waals surface area (Å²) in [5.74, 6) is -1.93. The molecule has 1 aliphatic heterocycles. The molecule has 2 amide bonds. The van der Waals surface area contributed by atoms with Gasteiger partial charge in [0.2, 0.25) is 5.91 Å². The zero-order valence-corrected chi connectivity index (χ0v) is 17.1. The van der Waals surface area contributed by atoms with Crippen LogP contribution in [0.2, 0.25) is 0 Å². The second-order valence-electron chi connectivity index (χ2n) is 7.59. The van der Waals surface area contributed by atoms with Crippen molar-refractivity contribution in [1.82, 2.24) is 20.2 Å². The van der Waals surface area contributed by atoms with E-state index in [9.17, 15) is 19.2 Å². The lowest BCUT2D eigenvalue weighted by molar-refractivity contribution is -0.139. The van der Waals surface area contributed by atoms with E-state index in [1.165, 1.54) is 10.5 Å². The summed E-state index contributed by atoms with van der Waals surface area (Å²) in [6, 6.07) is 8.25. The molecule has 0 radical (unpaired) electrons. The molecule has 0 spiro atoms. The third kappa shape index (κ3) is 6.00. The highest BCUT2D eigenvalue weighted by molar-refractivity contribution is 5.96. The molecule has 2 aromatic rings. The summed E-state index contributed by atoms with van der Waals surface area (Å²) < 4.78 is 0. The van der Waals surface area contributed by atoms with Gasteiger partial charge in [-0.25, -0.2) is 4.98 Å². The van der Waals surface area contributed by atoms with Crippen LogP contribution in [0.25, 0.3) is 0 Å². The minimum absolute atomic E-state index is 0.173. The molecule has 3 rings (SSSR count). The van der Waals surface area contributed by atoms with E-state index >= 15 is 0 Å². The van der Waals surface area contributed by atoms with Crippen molar-refractivity contribution in [1.29, 1.82) is 0 Å². The van der Waals surface area contributed by atoms with E-state index in [-0.39, 0.29) is 11.7 Å². The van der Waals surface area contributed by atoms with Gasteiger partial charge in [-0.05, 0) is 37.7 Å². The second-order valence-corrected chi connectivity index (χ2v) is 7.59. The van der Waals surface area contributed by atoms with Gasteiger partial charge in [0, 0.05) is 12.7 Å². The number of carboxylic acid groups (broad SMARTS) is 1. The van der Waals surface area contributed by atoms with Crippen molar-refractivity contribution in [2.75, 3.05) is 6.54 Å². The van der Waals surface area contributed by atoms with Gasteiger partial charge >= 0.3 is 5.97 Å². The molecule has 1 unspecified atom stereocenters. The Morgan fingerprint density at radius 2 is 2.03 bits per heavy atom. The third-order valence-electron chi connectivity index (χ3n) is 5.28. The lowest BCUT2D eigenvalue weighted by Gasteiger charge is -2.24. The monoisotopic (exact) mass is 426 g/mol. The summed E-state index contributed by atoms with van der Waals surface area (Å²) in [6.07, 6.45) is 5.22. The first-order chi connectivity index (χ1) is 15.0. The third-order valence-corrected chi connectivity index (χ3v) is 5.28. The minimum atomic E-state index is -1.19. The Labute approximate surface area is 179 Å². The highest BCUT2D eigenvalue weighted by atomic mass is 16.4. The fraction of sp³-hybridized carbons (Fsp3) is 0.409. The summed E-state index contributed by atoms with van der Waals surface area (Å²) in [7, 11) is 0. The van der Waals surface area contributed by atoms with Crippen molar-refractivity contribution in [3.8, 4) is 0 Å². The number of H-pyrrole nitrogens is 1. The largest absolute Gasteiger partial charge is 0.481 e. The number of carbonyl (C=O) groups is 4. The van der Waals surface area contributed by atoms with Gasteiger partial charge in [-0.3, -0.25) is 14.4 Å². The molecule has 2 atom stereocenters. The summed E-state index contributed by atoms with van der Waals surface area (Å²) in [5, 5.41) is 11.2. The number of likely N-dealkylation sites (tertiary alicyclic amines) is 1. The number of amides is 2. The maximum absolute atomic E-state index is 12.9. The highest BCUT2D eigenvalue weighted by Gasteiger charge is 2.36. The van der Waals surface area contributed by atoms with Crippen molar-refractivity contribution in [3.63, 3.8) is 0 Å². The van der Waals surface area contributed by atoms with Crippen LogP contribution in [0.1, 0.15) is 47.6 Å². The predicted molar refractivity (Wildman–Crippen MR) is 111 cm³/mol. The highest BCUT2D eigenvalue weighted by Crippen LogP contribution is 2.20. The van der Waals surface area contributed by atoms with Crippen LogP contribution in [0, 0.1) is 0 Å². The zero-order chi connectivity index (χ0) is 22.2. The number of aryl methyl sites for hydroxylation is 2. The van der Waals surface area contributed by atoms with E-state index in [4.69, 9.17) is 5.11 Å². The van der Waals surface area contributed by atoms with Crippen LogP contribution in [0.4, 0.5) is 0 Å². The van der Waals surface area contributed by atoms with Gasteiger partial charge in [-0.2, -0.15) is 0 Å². The van der Waals surface area contributed by atoms with Crippen LogP contribution < -0.4 is 5.32 Å². The fourth-order valence-corrected chi connectivity index (χ4v) is 3.73. The molecule has 0 aliphatic carbocycles. The second kappa shape index (κ2) is 10.5. The number of benzene rings is 1. The van der Waals surface area contributed by atoms with Gasteiger partial charge < -0.3 is 25.1 Å².